The molecule has 1 heterocycles. The van der Waals surface area contributed by atoms with E-state index in [1.165, 1.54) is 11.8 Å². The second-order valence-corrected chi connectivity index (χ2v) is 9.86. The van der Waals surface area contributed by atoms with Crippen LogP contribution in [0.2, 0.25) is 5.02 Å². The molecule has 0 aliphatic carbocycles. The molecule has 1 amide bonds. The number of aromatic nitrogens is 3. The van der Waals surface area contributed by atoms with Gasteiger partial charge >= 0.3 is 0 Å². The standard InChI is InChI=1S/C30H25ClN4O3S/c1-37-26-15-7-22(8-16-26)29-33-34-30(35(29)25-13-9-23(31)10-14-25)39-20-28(36)32-24-11-17-27(18-12-24)38-19-21-5-3-2-4-6-21/h2-18H,19-20H2,1H3,(H,32,36). The zero-order chi connectivity index (χ0) is 27.0. The van der Waals surface area contributed by atoms with Gasteiger partial charge < -0.3 is 14.8 Å². The topological polar surface area (TPSA) is 78.3 Å². The number of benzene rings is 4. The second kappa shape index (κ2) is 12.5. The molecule has 0 aliphatic heterocycles. The first-order chi connectivity index (χ1) is 19.1. The van der Waals surface area contributed by atoms with E-state index in [9.17, 15) is 4.79 Å². The fourth-order valence-electron chi connectivity index (χ4n) is 3.82. The fraction of sp³-hybridized carbons (Fsp3) is 0.100. The maximum absolute atomic E-state index is 12.8. The molecule has 5 aromatic rings. The molecule has 0 saturated heterocycles. The number of ether oxygens (including phenoxy) is 2. The summed E-state index contributed by atoms with van der Waals surface area (Å²) < 4.78 is 13.0. The number of carbonyl (C=O) groups is 1. The summed E-state index contributed by atoms with van der Waals surface area (Å²) in [4.78, 5) is 12.8. The van der Waals surface area contributed by atoms with Gasteiger partial charge in [-0.25, -0.2) is 0 Å². The van der Waals surface area contributed by atoms with Gasteiger partial charge in [0.15, 0.2) is 11.0 Å². The summed E-state index contributed by atoms with van der Waals surface area (Å²) in [5.74, 6) is 2.12. The molecule has 9 heteroatoms. The van der Waals surface area contributed by atoms with Crippen molar-refractivity contribution >= 4 is 35.0 Å². The van der Waals surface area contributed by atoms with Gasteiger partial charge in [0, 0.05) is 22.0 Å². The molecule has 0 saturated carbocycles. The smallest absolute Gasteiger partial charge is 0.234 e. The maximum atomic E-state index is 12.8. The summed E-state index contributed by atoms with van der Waals surface area (Å²) in [7, 11) is 1.62. The summed E-state index contributed by atoms with van der Waals surface area (Å²) >= 11 is 7.42. The summed E-state index contributed by atoms with van der Waals surface area (Å²) in [6, 6.07) is 32.3. The molecule has 39 heavy (non-hydrogen) atoms. The molecule has 0 bridgehead atoms. The summed E-state index contributed by atoms with van der Waals surface area (Å²) in [5.41, 5.74) is 3.48. The highest BCUT2D eigenvalue weighted by Crippen LogP contribution is 2.30. The molecule has 1 N–H and O–H groups in total. The number of hydrogen-bond donors (Lipinski definition) is 1. The third-order valence-electron chi connectivity index (χ3n) is 5.79. The van der Waals surface area contributed by atoms with Crippen LogP contribution in [-0.2, 0) is 11.4 Å². The highest BCUT2D eigenvalue weighted by Gasteiger charge is 2.18. The number of carbonyl (C=O) groups excluding carboxylic acids is 1. The summed E-state index contributed by atoms with van der Waals surface area (Å²) in [6.07, 6.45) is 0. The van der Waals surface area contributed by atoms with Crippen LogP contribution in [0.1, 0.15) is 5.56 Å². The average Bonchev–Trinajstić information content (AvgIpc) is 3.40. The minimum atomic E-state index is -0.158. The molecular formula is C30H25ClN4O3S. The molecule has 0 aliphatic rings. The van der Waals surface area contributed by atoms with Crippen LogP contribution in [0.25, 0.3) is 17.1 Å². The Kier molecular flexibility index (Phi) is 8.45. The SMILES string of the molecule is COc1ccc(-c2nnc(SCC(=O)Nc3ccc(OCc4ccccc4)cc3)n2-c2ccc(Cl)cc2)cc1. The van der Waals surface area contributed by atoms with Crippen LogP contribution in [0.15, 0.2) is 108 Å². The van der Waals surface area contributed by atoms with Gasteiger partial charge in [0.05, 0.1) is 12.9 Å². The van der Waals surface area contributed by atoms with E-state index in [1.807, 2.05) is 108 Å². The van der Waals surface area contributed by atoms with Crippen molar-refractivity contribution in [2.45, 2.75) is 11.8 Å². The van der Waals surface area contributed by atoms with Gasteiger partial charge in [-0.3, -0.25) is 9.36 Å². The number of anilines is 1. The molecule has 0 radical (unpaired) electrons. The molecule has 5 rings (SSSR count). The highest BCUT2D eigenvalue weighted by atomic mass is 35.5. The van der Waals surface area contributed by atoms with Crippen LogP contribution in [0.5, 0.6) is 11.5 Å². The van der Waals surface area contributed by atoms with E-state index in [4.69, 9.17) is 21.1 Å². The van der Waals surface area contributed by atoms with Crippen LogP contribution in [0.4, 0.5) is 5.69 Å². The number of methoxy groups -OCH3 is 1. The number of halogens is 1. The minimum absolute atomic E-state index is 0.153. The zero-order valence-electron chi connectivity index (χ0n) is 21.1. The van der Waals surface area contributed by atoms with Gasteiger partial charge in [-0.05, 0) is 78.4 Å². The molecule has 1 aromatic heterocycles. The van der Waals surface area contributed by atoms with Gasteiger partial charge in [-0.2, -0.15) is 0 Å². The van der Waals surface area contributed by atoms with E-state index in [2.05, 4.69) is 15.5 Å². The fourth-order valence-corrected chi connectivity index (χ4v) is 4.69. The van der Waals surface area contributed by atoms with E-state index < -0.39 is 0 Å². The van der Waals surface area contributed by atoms with Crippen molar-refractivity contribution in [1.82, 2.24) is 14.8 Å². The maximum Gasteiger partial charge on any atom is 0.234 e. The monoisotopic (exact) mass is 556 g/mol. The molecule has 0 fully saturated rings. The Morgan fingerprint density at radius 3 is 2.26 bits per heavy atom. The van der Waals surface area contributed by atoms with Crippen LogP contribution in [-0.4, -0.2) is 33.5 Å². The van der Waals surface area contributed by atoms with E-state index in [0.717, 1.165) is 28.3 Å². The van der Waals surface area contributed by atoms with Crippen molar-refractivity contribution in [3.05, 3.63) is 114 Å². The van der Waals surface area contributed by atoms with Crippen molar-refractivity contribution in [2.75, 3.05) is 18.2 Å². The Morgan fingerprint density at radius 1 is 0.872 bits per heavy atom. The Labute approximate surface area is 235 Å². The van der Waals surface area contributed by atoms with Gasteiger partial charge in [0.1, 0.15) is 18.1 Å². The lowest BCUT2D eigenvalue weighted by Crippen LogP contribution is -2.14. The summed E-state index contributed by atoms with van der Waals surface area (Å²) in [5, 5.41) is 13.0. The first-order valence-electron chi connectivity index (χ1n) is 12.1. The lowest BCUT2D eigenvalue weighted by Gasteiger charge is -2.11. The zero-order valence-corrected chi connectivity index (χ0v) is 22.7. The molecule has 4 aromatic carbocycles. The van der Waals surface area contributed by atoms with Crippen LogP contribution in [0, 0.1) is 0 Å². The van der Waals surface area contributed by atoms with Gasteiger partial charge in [-0.1, -0.05) is 53.7 Å². The lowest BCUT2D eigenvalue weighted by molar-refractivity contribution is -0.113. The minimum Gasteiger partial charge on any atom is -0.497 e. The van der Waals surface area contributed by atoms with Crippen molar-refractivity contribution < 1.29 is 14.3 Å². The van der Waals surface area contributed by atoms with E-state index in [0.29, 0.717) is 28.3 Å². The first-order valence-corrected chi connectivity index (χ1v) is 13.5. The molecule has 196 valence electrons. The Bertz CT molecular complexity index is 1520. The van der Waals surface area contributed by atoms with Crippen LogP contribution in [0.3, 0.4) is 0 Å². The predicted molar refractivity (Wildman–Crippen MR) is 155 cm³/mol. The van der Waals surface area contributed by atoms with Crippen molar-refractivity contribution in [3.63, 3.8) is 0 Å². The Balaban J connectivity index is 1.25. The van der Waals surface area contributed by atoms with Crippen LogP contribution >= 0.6 is 23.4 Å². The van der Waals surface area contributed by atoms with Crippen molar-refractivity contribution in [3.8, 4) is 28.6 Å². The Hall–Kier alpha value is -4.27. The predicted octanol–water partition coefficient (Wildman–Crippen LogP) is 6.91. The number of nitrogens with zero attached hydrogens (tertiary/aromatic N) is 3. The Morgan fingerprint density at radius 2 is 1.56 bits per heavy atom. The molecule has 0 atom stereocenters. The number of nitrogens with one attached hydrogen (secondary N) is 1. The van der Waals surface area contributed by atoms with Gasteiger partial charge in [-0.15, -0.1) is 10.2 Å². The molecular weight excluding hydrogens is 532 g/mol. The lowest BCUT2D eigenvalue weighted by atomic mass is 10.2. The van der Waals surface area contributed by atoms with Crippen molar-refractivity contribution in [2.24, 2.45) is 0 Å². The molecule has 0 unspecified atom stereocenters. The highest BCUT2D eigenvalue weighted by molar-refractivity contribution is 7.99. The number of rotatable bonds is 10. The number of hydrogen-bond acceptors (Lipinski definition) is 6. The largest absolute Gasteiger partial charge is 0.497 e. The van der Waals surface area contributed by atoms with E-state index in [1.54, 1.807) is 7.11 Å². The third kappa shape index (κ3) is 6.79. The van der Waals surface area contributed by atoms with E-state index >= 15 is 0 Å². The van der Waals surface area contributed by atoms with Crippen molar-refractivity contribution in [1.29, 1.82) is 0 Å². The third-order valence-corrected chi connectivity index (χ3v) is 6.97. The summed E-state index contributed by atoms with van der Waals surface area (Å²) in [6.45, 7) is 0.482. The van der Waals surface area contributed by atoms with Gasteiger partial charge in [0.2, 0.25) is 5.91 Å². The average molecular weight is 557 g/mol. The van der Waals surface area contributed by atoms with E-state index in [-0.39, 0.29) is 11.7 Å². The normalized spacial score (nSPS) is 10.7. The first kappa shape index (κ1) is 26.3. The quantitative estimate of drug-likeness (QED) is 0.188. The molecule has 7 nitrogen and oxygen atoms in total. The van der Waals surface area contributed by atoms with Crippen LogP contribution < -0.4 is 14.8 Å². The molecule has 0 spiro atoms. The number of thioether (sulfide) groups is 1. The van der Waals surface area contributed by atoms with Gasteiger partial charge in [0.25, 0.3) is 0 Å². The second-order valence-electron chi connectivity index (χ2n) is 8.48. The number of amides is 1.